The van der Waals surface area contributed by atoms with Crippen LogP contribution in [0.4, 0.5) is 0 Å². The maximum absolute atomic E-state index is 12.4. The fraction of sp³-hybridized carbons (Fsp3) is 0.364. The molecule has 0 radical (unpaired) electrons. The highest BCUT2D eigenvalue weighted by Crippen LogP contribution is 2.26. The molecule has 1 amide bonds. The molecule has 5 nitrogen and oxygen atoms in total. The first-order chi connectivity index (χ1) is 14.0. The van der Waals surface area contributed by atoms with Gasteiger partial charge in [-0.1, -0.05) is 44.2 Å². The van der Waals surface area contributed by atoms with Crippen LogP contribution >= 0.6 is 28.1 Å². The lowest BCUT2D eigenvalue weighted by Crippen LogP contribution is -2.42. The molecule has 2 N–H and O–H groups in total. The molecule has 7 heteroatoms. The van der Waals surface area contributed by atoms with E-state index >= 15 is 0 Å². The van der Waals surface area contributed by atoms with Crippen LogP contribution in [0.1, 0.15) is 29.8 Å². The van der Waals surface area contributed by atoms with Crippen LogP contribution in [0.25, 0.3) is 0 Å². The maximum atomic E-state index is 12.4. The second-order valence-electron chi connectivity index (χ2n) is 6.47. The van der Waals surface area contributed by atoms with Crippen LogP contribution in [0.2, 0.25) is 0 Å². The Bertz CT molecular complexity index is 798. The van der Waals surface area contributed by atoms with E-state index in [0.717, 1.165) is 30.5 Å². The largest absolute Gasteiger partial charge is 0.492 e. The van der Waals surface area contributed by atoms with Gasteiger partial charge in [0.25, 0.3) is 5.91 Å². The lowest BCUT2D eigenvalue weighted by Gasteiger charge is -2.18. The highest BCUT2D eigenvalue weighted by molar-refractivity contribution is 9.10. The van der Waals surface area contributed by atoms with Crippen molar-refractivity contribution in [2.75, 3.05) is 32.8 Å². The second-order valence-corrected chi connectivity index (χ2v) is 7.73. The molecular weight excluding hydrogens is 450 g/mol. The van der Waals surface area contributed by atoms with Gasteiger partial charge in [0.2, 0.25) is 0 Å². The topological polar surface area (TPSA) is 53.6 Å². The summed E-state index contributed by atoms with van der Waals surface area (Å²) in [5.41, 5.74) is 1.74. The number of nitrogens with one attached hydrogen (secondary N) is 2. The first kappa shape index (κ1) is 23.3. The second kappa shape index (κ2) is 12.6. The number of nitrogens with zero attached hydrogens (tertiary/aromatic N) is 1. The lowest BCUT2D eigenvalue weighted by atomic mass is 10.2. The summed E-state index contributed by atoms with van der Waals surface area (Å²) in [6, 6.07) is 15.4. The van der Waals surface area contributed by atoms with Gasteiger partial charge < -0.3 is 15.0 Å². The zero-order valence-corrected chi connectivity index (χ0v) is 19.3. The van der Waals surface area contributed by atoms with Crippen LogP contribution < -0.4 is 15.4 Å². The van der Waals surface area contributed by atoms with Gasteiger partial charge in [0.05, 0.1) is 11.1 Å². The third kappa shape index (κ3) is 8.12. The molecule has 2 rings (SSSR count). The monoisotopic (exact) mass is 477 g/mol. The smallest absolute Gasteiger partial charge is 0.257 e. The molecule has 2 aromatic rings. The predicted octanol–water partition coefficient (Wildman–Crippen LogP) is 4.02. The van der Waals surface area contributed by atoms with E-state index in [4.69, 9.17) is 17.0 Å². The minimum atomic E-state index is -0.248. The van der Waals surface area contributed by atoms with Gasteiger partial charge in [-0.25, -0.2) is 0 Å². The number of hydrogen-bond donors (Lipinski definition) is 2. The first-order valence-corrected chi connectivity index (χ1v) is 11.0. The van der Waals surface area contributed by atoms with Crippen molar-refractivity contribution in [2.24, 2.45) is 0 Å². The SMILES string of the molecule is CCN(CC)CCNC(=S)NC(=O)c1ccc(OCCc2ccccc2)c(Br)c1. The Morgan fingerprint density at radius 1 is 1.14 bits per heavy atom. The Kier molecular flexibility index (Phi) is 10.1. The molecule has 0 aromatic heterocycles. The van der Waals surface area contributed by atoms with Gasteiger partial charge >= 0.3 is 0 Å². The van der Waals surface area contributed by atoms with Crippen molar-refractivity contribution >= 4 is 39.2 Å². The summed E-state index contributed by atoms with van der Waals surface area (Å²) in [4.78, 5) is 14.7. The molecule has 0 fully saturated rings. The van der Waals surface area contributed by atoms with E-state index < -0.39 is 0 Å². The van der Waals surface area contributed by atoms with Crippen molar-refractivity contribution in [1.82, 2.24) is 15.5 Å². The quantitative estimate of drug-likeness (QED) is 0.506. The van der Waals surface area contributed by atoms with Crippen LogP contribution in [-0.2, 0) is 6.42 Å². The predicted molar refractivity (Wildman–Crippen MR) is 126 cm³/mol. The molecule has 0 atom stereocenters. The average Bonchev–Trinajstić information content (AvgIpc) is 2.73. The fourth-order valence-corrected chi connectivity index (χ4v) is 3.46. The van der Waals surface area contributed by atoms with Crippen molar-refractivity contribution < 1.29 is 9.53 Å². The number of hydrogen-bond acceptors (Lipinski definition) is 4. The van der Waals surface area contributed by atoms with Gasteiger partial charge in [0, 0.05) is 25.1 Å². The van der Waals surface area contributed by atoms with Crippen LogP contribution in [0.15, 0.2) is 53.0 Å². The van der Waals surface area contributed by atoms with Gasteiger partial charge in [-0.15, -0.1) is 0 Å². The Morgan fingerprint density at radius 3 is 2.52 bits per heavy atom. The average molecular weight is 478 g/mol. The molecule has 0 saturated carbocycles. The molecule has 0 aliphatic rings. The molecule has 2 aromatic carbocycles. The van der Waals surface area contributed by atoms with E-state index in [2.05, 4.69) is 57.4 Å². The molecular formula is C22H28BrN3O2S. The van der Waals surface area contributed by atoms with Crippen molar-refractivity contribution in [1.29, 1.82) is 0 Å². The molecule has 0 bridgehead atoms. The van der Waals surface area contributed by atoms with Gasteiger partial charge in [-0.3, -0.25) is 10.1 Å². The highest BCUT2D eigenvalue weighted by atomic mass is 79.9. The summed E-state index contributed by atoms with van der Waals surface area (Å²) < 4.78 is 6.57. The van der Waals surface area contributed by atoms with Crippen molar-refractivity contribution in [3.8, 4) is 5.75 Å². The number of halogens is 1. The number of benzene rings is 2. The molecule has 29 heavy (non-hydrogen) atoms. The number of carbonyl (C=O) groups excluding carboxylic acids is 1. The minimum absolute atomic E-state index is 0.248. The van der Waals surface area contributed by atoms with E-state index in [1.54, 1.807) is 18.2 Å². The van der Waals surface area contributed by atoms with Crippen LogP contribution in [0, 0.1) is 0 Å². The molecule has 0 saturated heterocycles. The summed E-state index contributed by atoms with van der Waals surface area (Å²) in [5.74, 6) is 0.458. The minimum Gasteiger partial charge on any atom is -0.492 e. The molecule has 156 valence electrons. The van der Waals surface area contributed by atoms with E-state index in [1.165, 1.54) is 5.56 Å². The third-order valence-electron chi connectivity index (χ3n) is 4.52. The zero-order valence-electron chi connectivity index (χ0n) is 16.9. The molecule has 0 aliphatic heterocycles. The van der Waals surface area contributed by atoms with Crippen LogP contribution in [0.3, 0.4) is 0 Å². The summed E-state index contributed by atoms with van der Waals surface area (Å²) in [7, 11) is 0. The summed E-state index contributed by atoms with van der Waals surface area (Å²) in [6.45, 7) is 8.36. The number of ether oxygens (including phenoxy) is 1. The fourth-order valence-electron chi connectivity index (χ4n) is 2.77. The summed E-state index contributed by atoms with van der Waals surface area (Å²) in [5, 5.41) is 6.13. The van der Waals surface area contributed by atoms with E-state index in [1.807, 2.05) is 18.2 Å². The van der Waals surface area contributed by atoms with E-state index in [0.29, 0.717) is 29.6 Å². The van der Waals surface area contributed by atoms with Crippen molar-refractivity contribution in [3.63, 3.8) is 0 Å². The Morgan fingerprint density at radius 2 is 1.86 bits per heavy atom. The molecule has 0 spiro atoms. The third-order valence-corrected chi connectivity index (χ3v) is 5.39. The Hall–Kier alpha value is -1.96. The normalized spacial score (nSPS) is 10.6. The van der Waals surface area contributed by atoms with Gasteiger partial charge in [-0.05, 0) is 65.0 Å². The zero-order chi connectivity index (χ0) is 21.1. The lowest BCUT2D eigenvalue weighted by molar-refractivity contribution is 0.0976. The number of thiocarbonyl (C=S) groups is 1. The van der Waals surface area contributed by atoms with Crippen molar-refractivity contribution in [2.45, 2.75) is 20.3 Å². The number of likely N-dealkylation sites (N-methyl/N-ethyl adjacent to an activating group) is 1. The number of carbonyl (C=O) groups is 1. The standard InChI is InChI=1S/C22H28BrN3O2S/c1-3-26(4-2)14-13-24-22(29)25-21(27)18-10-11-20(19(23)16-18)28-15-12-17-8-6-5-7-9-17/h5-11,16H,3-4,12-15H2,1-2H3,(H2,24,25,27,29). The number of rotatable bonds is 10. The summed E-state index contributed by atoms with van der Waals surface area (Å²) >= 11 is 8.70. The summed E-state index contributed by atoms with van der Waals surface area (Å²) in [6.07, 6.45) is 0.822. The molecule has 0 unspecified atom stereocenters. The van der Waals surface area contributed by atoms with Crippen LogP contribution in [0.5, 0.6) is 5.75 Å². The van der Waals surface area contributed by atoms with Gasteiger partial charge in [0.1, 0.15) is 5.75 Å². The van der Waals surface area contributed by atoms with Crippen molar-refractivity contribution in [3.05, 3.63) is 64.1 Å². The van der Waals surface area contributed by atoms with Crippen LogP contribution in [-0.4, -0.2) is 48.7 Å². The molecule has 0 heterocycles. The number of amides is 1. The Labute approximate surface area is 186 Å². The van der Waals surface area contributed by atoms with Gasteiger partial charge in [0.15, 0.2) is 5.11 Å². The Balaban J connectivity index is 1.80. The van der Waals surface area contributed by atoms with Gasteiger partial charge in [-0.2, -0.15) is 0 Å². The maximum Gasteiger partial charge on any atom is 0.257 e. The molecule has 0 aliphatic carbocycles. The van der Waals surface area contributed by atoms with E-state index in [9.17, 15) is 4.79 Å². The van der Waals surface area contributed by atoms with E-state index in [-0.39, 0.29) is 5.91 Å². The first-order valence-electron chi connectivity index (χ1n) is 9.81. The highest BCUT2D eigenvalue weighted by Gasteiger charge is 2.11.